The van der Waals surface area contributed by atoms with E-state index in [1.54, 1.807) is 0 Å². The molecule has 0 bridgehead atoms. The van der Waals surface area contributed by atoms with Gasteiger partial charge in [0.1, 0.15) is 5.75 Å². The van der Waals surface area contributed by atoms with Crippen LogP contribution in [0, 0.1) is 0 Å². The molecule has 138 valence electrons. The van der Waals surface area contributed by atoms with Crippen LogP contribution in [0.3, 0.4) is 0 Å². The number of nitrogen functional groups attached to an aromatic ring is 1. The molecular formula is C11H6F11NO. The second kappa shape index (κ2) is 5.55. The lowest BCUT2D eigenvalue weighted by atomic mass is 10.0. The molecule has 0 aliphatic heterocycles. The molecule has 0 atom stereocenters. The molecule has 0 aliphatic carbocycles. The second-order valence-electron chi connectivity index (χ2n) is 4.41. The Hall–Kier alpha value is -1.95. The summed E-state index contributed by atoms with van der Waals surface area (Å²) in [4.78, 5) is 0. The summed E-state index contributed by atoms with van der Waals surface area (Å²) in [5, 5.41) is 0. The van der Waals surface area contributed by atoms with Crippen molar-refractivity contribution >= 4 is 5.69 Å². The van der Waals surface area contributed by atoms with E-state index in [4.69, 9.17) is 5.73 Å². The van der Waals surface area contributed by atoms with Gasteiger partial charge in [0, 0.05) is 11.8 Å². The van der Waals surface area contributed by atoms with Gasteiger partial charge >= 0.3 is 30.1 Å². The Morgan fingerprint density at radius 3 is 1.62 bits per heavy atom. The fourth-order valence-corrected chi connectivity index (χ4v) is 1.35. The first kappa shape index (κ1) is 20.1. The van der Waals surface area contributed by atoms with Crippen LogP contribution in [0.1, 0.15) is 0 Å². The van der Waals surface area contributed by atoms with E-state index < -0.39 is 35.8 Å². The van der Waals surface area contributed by atoms with Crippen molar-refractivity contribution in [3.8, 4) is 5.75 Å². The summed E-state index contributed by atoms with van der Waals surface area (Å²) in [6, 6.07) is 2.83. The second-order valence-corrected chi connectivity index (χ2v) is 4.41. The zero-order valence-electron chi connectivity index (χ0n) is 11.0. The first-order valence-corrected chi connectivity index (χ1v) is 5.60. The Kier molecular flexibility index (Phi) is 4.65. The third kappa shape index (κ3) is 3.02. The number of hydrogen-bond acceptors (Lipinski definition) is 2. The van der Waals surface area contributed by atoms with E-state index in [1.807, 2.05) is 0 Å². The zero-order valence-corrected chi connectivity index (χ0v) is 11.0. The Morgan fingerprint density at radius 2 is 1.21 bits per heavy atom. The van der Waals surface area contributed by atoms with Crippen molar-refractivity contribution in [3.63, 3.8) is 0 Å². The summed E-state index contributed by atoms with van der Waals surface area (Å²) in [5.41, 5.74) is 4.71. The highest BCUT2D eigenvalue weighted by Gasteiger charge is 2.88. The number of ether oxygens (including phenoxy) is 1. The summed E-state index contributed by atoms with van der Waals surface area (Å²) in [7, 11) is 0. The molecule has 1 rings (SSSR count). The number of benzene rings is 1. The predicted octanol–water partition coefficient (Wildman–Crippen LogP) is 4.71. The van der Waals surface area contributed by atoms with Crippen LogP contribution in [0.2, 0.25) is 0 Å². The van der Waals surface area contributed by atoms with Crippen LogP contribution >= 0.6 is 0 Å². The fraction of sp³-hybridized carbons (Fsp3) is 0.455. The highest BCUT2D eigenvalue weighted by Crippen LogP contribution is 2.57. The minimum Gasteiger partial charge on any atom is -0.428 e. The van der Waals surface area contributed by atoms with Gasteiger partial charge in [-0.25, -0.2) is 0 Å². The molecule has 13 heteroatoms. The van der Waals surface area contributed by atoms with Crippen molar-refractivity contribution in [1.29, 1.82) is 0 Å². The summed E-state index contributed by atoms with van der Waals surface area (Å²) in [5.74, 6) is -23.4. The molecule has 0 saturated carbocycles. The Bertz CT molecular complexity index is 596. The van der Waals surface area contributed by atoms with Crippen LogP contribution < -0.4 is 10.5 Å². The first-order valence-electron chi connectivity index (χ1n) is 5.60. The Labute approximate surface area is 126 Å². The Morgan fingerprint density at radius 1 is 0.708 bits per heavy atom. The minimum absolute atomic E-state index is 0.362. The summed E-state index contributed by atoms with van der Waals surface area (Å²) >= 11 is 0. The molecule has 0 spiro atoms. The average Bonchev–Trinajstić information content (AvgIpc) is 2.36. The number of anilines is 1. The van der Waals surface area contributed by atoms with Crippen molar-refractivity contribution in [3.05, 3.63) is 24.3 Å². The maximum atomic E-state index is 13.2. The topological polar surface area (TPSA) is 35.2 Å². The van der Waals surface area contributed by atoms with Gasteiger partial charge in [-0.1, -0.05) is 6.07 Å². The maximum Gasteiger partial charge on any atom is 0.471 e. The maximum absolute atomic E-state index is 13.2. The van der Waals surface area contributed by atoms with Gasteiger partial charge in [-0.15, -0.1) is 0 Å². The average molecular weight is 377 g/mol. The molecule has 2 N–H and O–H groups in total. The lowest BCUT2D eigenvalue weighted by molar-refractivity contribution is -0.445. The molecule has 0 amide bonds. The van der Waals surface area contributed by atoms with Gasteiger partial charge in [-0.2, -0.15) is 48.3 Å². The predicted molar refractivity (Wildman–Crippen MR) is 57.3 cm³/mol. The van der Waals surface area contributed by atoms with E-state index in [2.05, 4.69) is 4.74 Å². The number of alkyl halides is 11. The highest BCUT2D eigenvalue weighted by atomic mass is 19.4. The van der Waals surface area contributed by atoms with Crippen LogP contribution in [-0.2, 0) is 0 Å². The fourth-order valence-electron chi connectivity index (χ4n) is 1.35. The number of halogens is 11. The molecule has 0 radical (unpaired) electrons. The van der Waals surface area contributed by atoms with Crippen LogP contribution in [-0.4, -0.2) is 30.1 Å². The van der Waals surface area contributed by atoms with Gasteiger partial charge < -0.3 is 10.5 Å². The molecule has 1 aromatic rings. The van der Waals surface area contributed by atoms with Crippen LogP contribution in [0.5, 0.6) is 5.75 Å². The summed E-state index contributed by atoms with van der Waals surface area (Å²) < 4.78 is 143. The third-order valence-corrected chi connectivity index (χ3v) is 2.61. The number of hydrogen-bond donors (Lipinski definition) is 1. The van der Waals surface area contributed by atoms with Crippen LogP contribution in [0.25, 0.3) is 0 Å². The van der Waals surface area contributed by atoms with Gasteiger partial charge in [0.15, 0.2) is 0 Å². The van der Waals surface area contributed by atoms with Crippen LogP contribution in [0.4, 0.5) is 54.0 Å². The quantitative estimate of drug-likeness (QED) is 0.596. The largest absolute Gasteiger partial charge is 0.471 e. The summed E-state index contributed by atoms with van der Waals surface area (Å²) in [6.07, 6.45) is -13.6. The zero-order chi connectivity index (χ0) is 19.2. The van der Waals surface area contributed by atoms with Gasteiger partial charge in [0.25, 0.3) is 0 Å². The standard InChI is InChI=1S/C11H6F11NO/c12-7(13,8(14,15)10(18,19)20)9(16,17)11(21,22)24-6-3-1-2-5(23)4-6/h1-4H,23H2. The smallest absolute Gasteiger partial charge is 0.428 e. The molecule has 2 nitrogen and oxygen atoms in total. The molecule has 0 unspecified atom stereocenters. The molecule has 0 saturated heterocycles. The van der Waals surface area contributed by atoms with Crippen molar-refractivity contribution in [2.75, 3.05) is 5.73 Å². The third-order valence-electron chi connectivity index (χ3n) is 2.61. The van der Waals surface area contributed by atoms with E-state index in [0.717, 1.165) is 12.1 Å². The van der Waals surface area contributed by atoms with Gasteiger partial charge in [0.2, 0.25) is 0 Å². The van der Waals surface area contributed by atoms with E-state index in [1.165, 1.54) is 0 Å². The molecule has 0 aromatic heterocycles. The van der Waals surface area contributed by atoms with E-state index >= 15 is 0 Å². The van der Waals surface area contributed by atoms with Crippen molar-refractivity contribution in [1.82, 2.24) is 0 Å². The SMILES string of the molecule is Nc1cccc(OC(F)(F)C(F)(F)C(F)(F)C(F)(F)C(F)(F)F)c1. The molecule has 0 heterocycles. The van der Waals surface area contributed by atoms with E-state index in [-0.39, 0.29) is 5.69 Å². The summed E-state index contributed by atoms with van der Waals surface area (Å²) in [6.45, 7) is 0. The van der Waals surface area contributed by atoms with Gasteiger partial charge in [-0.05, 0) is 12.1 Å². The minimum atomic E-state index is -7.51. The highest BCUT2D eigenvalue weighted by molar-refractivity contribution is 5.43. The molecule has 24 heavy (non-hydrogen) atoms. The lowest BCUT2D eigenvalue weighted by Crippen LogP contribution is -2.67. The van der Waals surface area contributed by atoms with Crippen molar-refractivity contribution in [2.45, 2.75) is 30.1 Å². The lowest BCUT2D eigenvalue weighted by Gasteiger charge is -2.36. The van der Waals surface area contributed by atoms with Crippen LogP contribution in [0.15, 0.2) is 24.3 Å². The van der Waals surface area contributed by atoms with Gasteiger partial charge in [0.05, 0.1) is 0 Å². The first-order chi connectivity index (χ1) is 10.5. The molecule has 0 aliphatic rings. The monoisotopic (exact) mass is 377 g/mol. The van der Waals surface area contributed by atoms with E-state index in [9.17, 15) is 48.3 Å². The van der Waals surface area contributed by atoms with Crippen molar-refractivity contribution < 1.29 is 53.0 Å². The Balaban J connectivity index is 3.29. The number of rotatable bonds is 5. The normalized spacial score (nSPS) is 14.6. The van der Waals surface area contributed by atoms with Gasteiger partial charge in [-0.3, -0.25) is 0 Å². The van der Waals surface area contributed by atoms with Crippen molar-refractivity contribution in [2.24, 2.45) is 0 Å². The molecule has 0 fully saturated rings. The molecular weight excluding hydrogens is 371 g/mol. The van der Waals surface area contributed by atoms with E-state index in [0.29, 0.717) is 12.1 Å². The molecule has 1 aromatic carbocycles. The number of nitrogens with two attached hydrogens (primary N) is 1.